The highest BCUT2D eigenvalue weighted by atomic mass is 32.2. The zero-order chi connectivity index (χ0) is 29.7. The standard InChI is InChI=1S/C32H36N4O5S2/c37-30-20-34(43(40,41)25-15-16-29(33-18-25)35-23-11-12-24(35)14-13-23)19-27(21-7-3-1-4-8-21)36(30)26-17-28(42-31(26)32(38)39)22-9-5-2-6-10-22/h2,5-6,9-10,15-18,21,23-24,27H,1,3-4,7-8,11-14,19-20H2,(H,38,39). The Morgan fingerprint density at radius 1 is 0.930 bits per heavy atom. The van der Waals surface area contributed by atoms with Crippen LogP contribution in [-0.2, 0) is 14.8 Å². The molecule has 1 amide bonds. The number of hydrogen-bond donors (Lipinski definition) is 1. The zero-order valence-electron chi connectivity index (χ0n) is 24.0. The molecule has 9 nitrogen and oxygen atoms in total. The summed E-state index contributed by atoms with van der Waals surface area (Å²) in [7, 11) is -4.00. The van der Waals surface area contributed by atoms with Crippen LogP contribution in [0.2, 0.25) is 0 Å². The molecule has 0 spiro atoms. The Kier molecular flexibility index (Phi) is 7.51. The highest BCUT2D eigenvalue weighted by Gasteiger charge is 2.45. The molecule has 1 atom stereocenters. The van der Waals surface area contributed by atoms with Crippen LogP contribution in [0.4, 0.5) is 11.5 Å². The van der Waals surface area contributed by atoms with Gasteiger partial charge in [-0.3, -0.25) is 4.79 Å². The minimum absolute atomic E-state index is 0.0727. The van der Waals surface area contributed by atoms with Crippen LogP contribution in [0.1, 0.15) is 67.5 Å². The van der Waals surface area contributed by atoms with Crippen LogP contribution in [0.5, 0.6) is 0 Å². The number of amides is 1. The fraction of sp³-hybridized carbons (Fsp3) is 0.469. The second-order valence-electron chi connectivity index (χ2n) is 12.2. The van der Waals surface area contributed by atoms with Crippen molar-refractivity contribution in [3.63, 3.8) is 0 Å². The predicted molar refractivity (Wildman–Crippen MR) is 166 cm³/mol. The molecule has 3 saturated heterocycles. The van der Waals surface area contributed by atoms with Crippen molar-refractivity contribution in [2.75, 3.05) is 22.9 Å². The molecule has 0 radical (unpaired) electrons. The summed E-state index contributed by atoms with van der Waals surface area (Å²) in [4.78, 5) is 35.9. The topological polar surface area (TPSA) is 111 Å². The van der Waals surface area contributed by atoms with E-state index in [4.69, 9.17) is 0 Å². The number of thiophene rings is 1. The molecular weight excluding hydrogens is 585 g/mol. The second kappa shape index (κ2) is 11.3. The number of aromatic nitrogens is 1. The minimum atomic E-state index is -4.00. The van der Waals surface area contributed by atoms with Gasteiger partial charge < -0.3 is 14.9 Å². The first-order chi connectivity index (χ1) is 20.8. The van der Waals surface area contributed by atoms with Crippen molar-refractivity contribution in [2.45, 2.75) is 80.8 Å². The Labute approximate surface area is 256 Å². The van der Waals surface area contributed by atoms with Gasteiger partial charge in [-0.15, -0.1) is 11.3 Å². The molecule has 1 aromatic carbocycles. The average molecular weight is 621 g/mol. The molecule has 3 aromatic rings. The van der Waals surface area contributed by atoms with E-state index in [9.17, 15) is 23.1 Å². The van der Waals surface area contributed by atoms with E-state index in [2.05, 4.69) is 9.88 Å². The summed E-state index contributed by atoms with van der Waals surface area (Å²) in [5.41, 5.74) is 1.24. The van der Waals surface area contributed by atoms with E-state index >= 15 is 0 Å². The van der Waals surface area contributed by atoms with Gasteiger partial charge in [0.15, 0.2) is 0 Å². The third kappa shape index (κ3) is 5.15. The third-order valence-corrected chi connectivity index (χ3v) is 12.8. The lowest BCUT2D eigenvalue weighted by Crippen LogP contribution is -2.60. The van der Waals surface area contributed by atoms with Gasteiger partial charge in [0.2, 0.25) is 15.9 Å². The monoisotopic (exact) mass is 620 g/mol. The van der Waals surface area contributed by atoms with Crippen molar-refractivity contribution in [2.24, 2.45) is 5.92 Å². The SMILES string of the molecule is O=C(O)c1sc(-c2ccccc2)cc1N1C(=O)CN(S(=O)(=O)c2ccc(N3C4CCC3CC4)nc2)CC1C1CCCCC1. The smallest absolute Gasteiger partial charge is 0.348 e. The molecule has 3 aliphatic heterocycles. The molecular formula is C32H36N4O5S2. The number of carbonyl (C=O) groups excluding carboxylic acids is 1. The summed E-state index contributed by atoms with van der Waals surface area (Å²) < 4.78 is 29.2. The largest absolute Gasteiger partial charge is 0.477 e. The lowest BCUT2D eigenvalue weighted by molar-refractivity contribution is -0.121. The Balaban J connectivity index is 1.21. The predicted octanol–water partition coefficient (Wildman–Crippen LogP) is 5.63. The van der Waals surface area contributed by atoms with Crippen molar-refractivity contribution in [1.82, 2.24) is 9.29 Å². The summed E-state index contributed by atoms with van der Waals surface area (Å²) in [6, 6.07) is 15.2. The van der Waals surface area contributed by atoms with Gasteiger partial charge in [-0.25, -0.2) is 18.2 Å². The number of carbonyl (C=O) groups is 2. The fourth-order valence-corrected chi connectivity index (χ4v) is 10.1. The number of hydrogen-bond acceptors (Lipinski definition) is 7. The normalized spacial score (nSPS) is 25.0. The van der Waals surface area contributed by atoms with Crippen LogP contribution >= 0.6 is 11.3 Å². The van der Waals surface area contributed by atoms with Crippen molar-refractivity contribution < 1.29 is 23.1 Å². The number of benzene rings is 1. The molecule has 226 valence electrons. The van der Waals surface area contributed by atoms with Crippen LogP contribution in [0.15, 0.2) is 59.6 Å². The summed E-state index contributed by atoms with van der Waals surface area (Å²) in [6.45, 7) is -0.231. The highest BCUT2D eigenvalue weighted by molar-refractivity contribution is 7.89. The summed E-state index contributed by atoms with van der Waals surface area (Å²) in [6.07, 6.45) is 10.9. The fourth-order valence-electron chi connectivity index (χ4n) is 7.71. The maximum atomic E-state index is 14.0. The molecule has 43 heavy (non-hydrogen) atoms. The van der Waals surface area contributed by atoms with Crippen molar-refractivity contribution >= 4 is 44.7 Å². The van der Waals surface area contributed by atoms with E-state index in [0.29, 0.717) is 17.8 Å². The number of nitrogens with zero attached hydrogens (tertiary/aromatic N) is 4. The third-order valence-electron chi connectivity index (χ3n) is 9.80. The number of carboxylic acids is 1. The molecule has 11 heteroatoms. The Bertz CT molecular complexity index is 1600. The van der Waals surface area contributed by atoms with Gasteiger partial charge in [0.05, 0.1) is 18.3 Å². The number of fused-ring (bicyclic) bond motifs is 2. The van der Waals surface area contributed by atoms with Gasteiger partial charge in [-0.1, -0.05) is 49.6 Å². The van der Waals surface area contributed by atoms with Crippen molar-refractivity contribution in [1.29, 1.82) is 0 Å². The van der Waals surface area contributed by atoms with E-state index in [0.717, 1.165) is 85.4 Å². The van der Waals surface area contributed by atoms with E-state index in [1.807, 2.05) is 30.3 Å². The maximum absolute atomic E-state index is 14.0. The molecule has 5 heterocycles. The van der Waals surface area contributed by atoms with Crippen LogP contribution in [0, 0.1) is 5.92 Å². The second-order valence-corrected chi connectivity index (χ2v) is 15.2. The number of pyridine rings is 1. The van der Waals surface area contributed by atoms with Crippen LogP contribution in [-0.4, -0.2) is 65.9 Å². The van der Waals surface area contributed by atoms with Crippen molar-refractivity contribution in [3.05, 3.63) is 59.6 Å². The first-order valence-electron chi connectivity index (χ1n) is 15.3. The van der Waals surface area contributed by atoms with Gasteiger partial charge >= 0.3 is 5.97 Å². The van der Waals surface area contributed by atoms with Gasteiger partial charge in [0.25, 0.3) is 0 Å². The summed E-state index contributed by atoms with van der Waals surface area (Å²) in [5, 5.41) is 10.2. The quantitative estimate of drug-likeness (QED) is 0.365. The first kappa shape index (κ1) is 28.5. The van der Waals surface area contributed by atoms with Crippen LogP contribution in [0.25, 0.3) is 10.4 Å². The van der Waals surface area contributed by atoms with E-state index < -0.39 is 27.9 Å². The van der Waals surface area contributed by atoms with Gasteiger partial charge in [-0.2, -0.15) is 4.31 Å². The molecule has 1 N–H and O–H groups in total. The Morgan fingerprint density at radius 3 is 2.26 bits per heavy atom. The molecule has 2 bridgehead atoms. The van der Waals surface area contributed by atoms with Gasteiger partial charge in [-0.05, 0) is 68.2 Å². The van der Waals surface area contributed by atoms with E-state index in [1.165, 1.54) is 10.5 Å². The Morgan fingerprint density at radius 2 is 1.63 bits per heavy atom. The molecule has 7 rings (SSSR count). The number of aromatic carboxylic acids is 1. The van der Waals surface area contributed by atoms with E-state index in [1.54, 1.807) is 23.1 Å². The van der Waals surface area contributed by atoms with Gasteiger partial charge in [0.1, 0.15) is 15.6 Å². The minimum Gasteiger partial charge on any atom is -0.477 e. The molecule has 1 saturated carbocycles. The number of piperazine rings is 1. The number of carboxylic acid groups (broad SMARTS) is 1. The van der Waals surface area contributed by atoms with Gasteiger partial charge in [0, 0.05) is 29.7 Å². The van der Waals surface area contributed by atoms with Crippen molar-refractivity contribution in [3.8, 4) is 10.4 Å². The van der Waals surface area contributed by atoms with Crippen LogP contribution in [0.3, 0.4) is 0 Å². The lowest BCUT2D eigenvalue weighted by Gasteiger charge is -2.44. The molecule has 1 aliphatic carbocycles. The average Bonchev–Trinajstić information content (AvgIpc) is 3.77. The lowest BCUT2D eigenvalue weighted by atomic mass is 9.82. The number of anilines is 2. The van der Waals surface area contributed by atoms with E-state index in [-0.39, 0.29) is 28.8 Å². The Hall–Kier alpha value is -3.28. The highest BCUT2D eigenvalue weighted by Crippen LogP contribution is 2.43. The first-order valence-corrected chi connectivity index (χ1v) is 17.6. The zero-order valence-corrected chi connectivity index (χ0v) is 25.6. The number of rotatable bonds is 7. The number of sulfonamides is 1. The summed E-state index contributed by atoms with van der Waals surface area (Å²) >= 11 is 1.15. The maximum Gasteiger partial charge on any atom is 0.348 e. The molecule has 2 aromatic heterocycles. The molecule has 4 aliphatic rings. The summed E-state index contributed by atoms with van der Waals surface area (Å²) in [5.74, 6) is -0.602. The molecule has 1 unspecified atom stereocenters. The van der Waals surface area contributed by atoms with Crippen LogP contribution < -0.4 is 9.80 Å². The molecule has 4 fully saturated rings.